The van der Waals surface area contributed by atoms with E-state index < -0.39 is 11.5 Å². The highest BCUT2D eigenvalue weighted by atomic mass is 35.5. The van der Waals surface area contributed by atoms with E-state index in [0.29, 0.717) is 5.02 Å². The number of aliphatic hydroxyl groups excluding tert-OH is 1. The Kier molecular flexibility index (Phi) is 4.69. The maximum absolute atomic E-state index is 12.7. The standard InChI is InChI=1S/C19H20ClNO2/c20-16-9-7-14(8-10-16)17(22)13-21-18(23)19(11-4-12-19)15-5-2-1-3-6-15/h1-3,5-10,17,22H,4,11-13H2,(H,21,23). The van der Waals surface area contributed by atoms with E-state index in [4.69, 9.17) is 11.6 Å². The van der Waals surface area contributed by atoms with Crippen LogP contribution in [0.3, 0.4) is 0 Å². The van der Waals surface area contributed by atoms with Crippen molar-refractivity contribution >= 4 is 17.5 Å². The second-order valence-corrected chi connectivity index (χ2v) is 6.52. The molecular formula is C19H20ClNO2. The highest BCUT2D eigenvalue weighted by Crippen LogP contribution is 2.43. The molecule has 0 aliphatic heterocycles. The molecule has 0 aromatic heterocycles. The molecule has 23 heavy (non-hydrogen) atoms. The lowest BCUT2D eigenvalue weighted by Gasteiger charge is -2.41. The van der Waals surface area contributed by atoms with Crippen LogP contribution in [-0.2, 0) is 10.2 Å². The first-order valence-corrected chi connectivity index (χ1v) is 8.27. The molecule has 1 atom stereocenters. The van der Waals surface area contributed by atoms with Crippen LogP contribution >= 0.6 is 11.6 Å². The third-order valence-corrected chi connectivity index (χ3v) is 4.93. The van der Waals surface area contributed by atoms with Gasteiger partial charge < -0.3 is 10.4 Å². The van der Waals surface area contributed by atoms with Crippen LogP contribution in [0.2, 0.25) is 5.02 Å². The maximum atomic E-state index is 12.7. The van der Waals surface area contributed by atoms with Crippen molar-refractivity contribution in [2.75, 3.05) is 6.54 Å². The summed E-state index contributed by atoms with van der Waals surface area (Å²) < 4.78 is 0. The van der Waals surface area contributed by atoms with Gasteiger partial charge in [0.1, 0.15) is 0 Å². The minimum absolute atomic E-state index is 0.00274. The summed E-state index contributed by atoms with van der Waals surface area (Å²) in [7, 11) is 0. The molecule has 0 radical (unpaired) electrons. The van der Waals surface area contributed by atoms with Gasteiger partial charge in [0.25, 0.3) is 0 Å². The van der Waals surface area contributed by atoms with Crippen LogP contribution < -0.4 is 5.32 Å². The fraction of sp³-hybridized carbons (Fsp3) is 0.316. The van der Waals surface area contributed by atoms with Gasteiger partial charge in [-0.3, -0.25) is 4.79 Å². The quantitative estimate of drug-likeness (QED) is 0.880. The summed E-state index contributed by atoms with van der Waals surface area (Å²) in [5.41, 5.74) is 1.38. The average molecular weight is 330 g/mol. The normalized spacial score (nSPS) is 17.1. The topological polar surface area (TPSA) is 49.3 Å². The molecule has 1 unspecified atom stereocenters. The molecule has 0 saturated heterocycles. The van der Waals surface area contributed by atoms with E-state index in [-0.39, 0.29) is 12.5 Å². The van der Waals surface area contributed by atoms with Gasteiger partial charge in [-0.25, -0.2) is 0 Å². The van der Waals surface area contributed by atoms with E-state index in [9.17, 15) is 9.90 Å². The smallest absolute Gasteiger partial charge is 0.230 e. The Balaban J connectivity index is 1.65. The van der Waals surface area contributed by atoms with Crippen LogP contribution in [-0.4, -0.2) is 17.6 Å². The number of benzene rings is 2. The van der Waals surface area contributed by atoms with Crippen molar-refractivity contribution in [3.05, 3.63) is 70.7 Å². The molecule has 4 heteroatoms. The number of nitrogens with one attached hydrogen (secondary N) is 1. The fourth-order valence-electron chi connectivity index (χ4n) is 3.10. The summed E-state index contributed by atoms with van der Waals surface area (Å²) in [6, 6.07) is 16.9. The molecule has 0 heterocycles. The Labute approximate surface area is 141 Å². The van der Waals surface area contributed by atoms with E-state index in [1.807, 2.05) is 30.3 Å². The summed E-state index contributed by atoms with van der Waals surface area (Å²) in [5.74, 6) is 0.00274. The molecule has 0 spiro atoms. The summed E-state index contributed by atoms with van der Waals surface area (Å²) in [4.78, 5) is 12.7. The van der Waals surface area contributed by atoms with Gasteiger partial charge in [0.05, 0.1) is 11.5 Å². The molecular weight excluding hydrogens is 310 g/mol. The van der Waals surface area contributed by atoms with Gasteiger partial charge in [-0.1, -0.05) is 60.5 Å². The van der Waals surface area contributed by atoms with Gasteiger partial charge in [-0.2, -0.15) is 0 Å². The lowest BCUT2D eigenvalue weighted by atomic mass is 9.64. The number of hydrogen-bond acceptors (Lipinski definition) is 2. The molecule has 3 rings (SSSR count). The number of carbonyl (C=O) groups excluding carboxylic acids is 1. The lowest BCUT2D eigenvalue weighted by molar-refractivity contribution is -0.130. The van der Waals surface area contributed by atoms with E-state index >= 15 is 0 Å². The Morgan fingerprint density at radius 2 is 1.78 bits per heavy atom. The van der Waals surface area contributed by atoms with E-state index in [0.717, 1.165) is 30.4 Å². The van der Waals surface area contributed by atoms with E-state index in [1.165, 1.54) is 0 Å². The van der Waals surface area contributed by atoms with Crippen LogP contribution in [0, 0.1) is 0 Å². The van der Waals surface area contributed by atoms with Crippen LogP contribution in [0.1, 0.15) is 36.5 Å². The number of hydrogen-bond donors (Lipinski definition) is 2. The van der Waals surface area contributed by atoms with Crippen molar-refractivity contribution in [1.82, 2.24) is 5.32 Å². The summed E-state index contributed by atoms with van der Waals surface area (Å²) >= 11 is 5.85. The number of amides is 1. The van der Waals surface area contributed by atoms with E-state index in [1.54, 1.807) is 24.3 Å². The van der Waals surface area contributed by atoms with Gasteiger partial charge in [0.15, 0.2) is 0 Å². The predicted octanol–water partition coefficient (Wildman–Crippen LogP) is 3.61. The molecule has 2 N–H and O–H groups in total. The maximum Gasteiger partial charge on any atom is 0.230 e. The van der Waals surface area contributed by atoms with Crippen LogP contribution in [0.5, 0.6) is 0 Å². The molecule has 2 aromatic carbocycles. The minimum Gasteiger partial charge on any atom is -0.387 e. The highest BCUT2D eigenvalue weighted by molar-refractivity contribution is 6.30. The van der Waals surface area contributed by atoms with Crippen molar-refractivity contribution < 1.29 is 9.90 Å². The molecule has 1 aliphatic carbocycles. The van der Waals surface area contributed by atoms with Crippen molar-refractivity contribution in [3.63, 3.8) is 0 Å². The zero-order valence-corrected chi connectivity index (χ0v) is 13.6. The second-order valence-electron chi connectivity index (χ2n) is 6.08. The molecule has 1 amide bonds. The summed E-state index contributed by atoms with van der Waals surface area (Å²) in [5, 5.41) is 13.8. The van der Waals surface area contributed by atoms with Gasteiger partial charge in [0, 0.05) is 11.6 Å². The Morgan fingerprint density at radius 1 is 1.13 bits per heavy atom. The van der Waals surface area contributed by atoms with Crippen LogP contribution in [0.25, 0.3) is 0 Å². The second kappa shape index (κ2) is 6.73. The first kappa shape index (κ1) is 16.0. The number of carbonyl (C=O) groups is 1. The van der Waals surface area contributed by atoms with Gasteiger partial charge >= 0.3 is 0 Å². The highest BCUT2D eigenvalue weighted by Gasteiger charge is 2.45. The molecule has 3 nitrogen and oxygen atoms in total. The summed E-state index contributed by atoms with van der Waals surface area (Å²) in [6.07, 6.45) is 2.05. The van der Waals surface area contributed by atoms with Crippen molar-refractivity contribution in [2.24, 2.45) is 0 Å². The Morgan fingerprint density at radius 3 is 2.35 bits per heavy atom. The average Bonchev–Trinajstić information content (AvgIpc) is 2.53. The fourth-order valence-corrected chi connectivity index (χ4v) is 3.22. The monoisotopic (exact) mass is 329 g/mol. The van der Waals surface area contributed by atoms with E-state index in [2.05, 4.69) is 5.32 Å². The third-order valence-electron chi connectivity index (χ3n) is 4.68. The van der Waals surface area contributed by atoms with Gasteiger partial charge in [-0.15, -0.1) is 0 Å². The molecule has 120 valence electrons. The first-order chi connectivity index (χ1) is 11.1. The zero-order chi connectivity index (χ0) is 16.3. The van der Waals surface area contributed by atoms with Crippen LogP contribution in [0.15, 0.2) is 54.6 Å². The molecule has 1 saturated carbocycles. The first-order valence-electron chi connectivity index (χ1n) is 7.89. The molecule has 2 aromatic rings. The number of aliphatic hydroxyl groups is 1. The SMILES string of the molecule is O=C(NCC(O)c1ccc(Cl)cc1)C1(c2ccccc2)CCC1. The number of halogens is 1. The zero-order valence-electron chi connectivity index (χ0n) is 12.8. The Hall–Kier alpha value is -1.84. The predicted molar refractivity (Wildman–Crippen MR) is 91.4 cm³/mol. The molecule has 1 fully saturated rings. The van der Waals surface area contributed by atoms with Crippen molar-refractivity contribution in [1.29, 1.82) is 0 Å². The third kappa shape index (κ3) is 3.26. The lowest BCUT2D eigenvalue weighted by Crippen LogP contribution is -2.50. The van der Waals surface area contributed by atoms with Crippen molar-refractivity contribution in [3.8, 4) is 0 Å². The van der Waals surface area contributed by atoms with Crippen LogP contribution in [0.4, 0.5) is 0 Å². The Bertz CT molecular complexity index is 666. The largest absolute Gasteiger partial charge is 0.387 e. The number of rotatable bonds is 5. The molecule has 0 bridgehead atoms. The molecule has 1 aliphatic rings. The van der Waals surface area contributed by atoms with Crippen molar-refractivity contribution in [2.45, 2.75) is 30.8 Å². The van der Waals surface area contributed by atoms with Gasteiger partial charge in [0.2, 0.25) is 5.91 Å². The summed E-state index contributed by atoms with van der Waals surface area (Å²) in [6.45, 7) is 0.203. The van der Waals surface area contributed by atoms with Gasteiger partial charge in [-0.05, 0) is 36.1 Å². The minimum atomic E-state index is -0.732.